The molecule has 3 aromatic carbocycles. The molecule has 142 valence electrons. The molecule has 0 N–H and O–H groups in total. The van der Waals surface area contributed by atoms with Crippen molar-refractivity contribution in [3.63, 3.8) is 0 Å². The van der Waals surface area contributed by atoms with Crippen LogP contribution in [0.1, 0.15) is 11.1 Å². The molecule has 0 spiro atoms. The van der Waals surface area contributed by atoms with Crippen molar-refractivity contribution in [2.24, 2.45) is 0 Å². The molecule has 0 aromatic heterocycles. The fourth-order valence-corrected chi connectivity index (χ4v) is 3.32. The van der Waals surface area contributed by atoms with Gasteiger partial charge in [-0.2, -0.15) is 0 Å². The third-order valence-electron chi connectivity index (χ3n) is 4.83. The zero-order valence-electron chi connectivity index (χ0n) is 15.7. The number of nitrogens with zero attached hydrogens (tertiary/aromatic N) is 1. The molecule has 0 aliphatic carbocycles. The molecule has 1 atom stereocenters. The topological polar surface area (TPSA) is 38.8 Å². The van der Waals surface area contributed by atoms with E-state index in [1.807, 2.05) is 77.7 Å². The van der Waals surface area contributed by atoms with Gasteiger partial charge in [-0.05, 0) is 29.7 Å². The standard InChI is InChI=1S/C24H23NO3/c26-24(23-18-27-21-13-7-8-14-22(21)28-23)25(17-20-11-5-2-6-12-20)16-15-19-9-3-1-4-10-19/h1-14,23H,15-18H2. The maximum Gasteiger partial charge on any atom is 0.267 e. The molecule has 1 heterocycles. The Kier molecular flexibility index (Phi) is 5.57. The van der Waals surface area contributed by atoms with Gasteiger partial charge in [0.15, 0.2) is 11.5 Å². The van der Waals surface area contributed by atoms with Crippen molar-refractivity contribution in [1.29, 1.82) is 0 Å². The highest BCUT2D eigenvalue weighted by atomic mass is 16.6. The molecule has 0 bridgehead atoms. The largest absolute Gasteiger partial charge is 0.485 e. The molecule has 1 aliphatic rings. The molecule has 0 radical (unpaired) electrons. The van der Waals surface area contributed by atoms with Crippen molar-refractivity contribution >= 4 is 5.91 Å². The van der Waals surface area contributed by atoms with Crippen LogP contribution in [0.5, 0.6) is 11.5 Å². The summed E-state index contributed by atoms with van der Waals surface area (Å²) in [5.41, 5.74) is 2.31. The lowest BCUT2D eigenvalue weighted by molar-refractivity contribution is -0.141. The van der Waals surface area contributed by atoms with Crippen LogP contribution in [0.15, 0.2) is 84.9 Å². The fourth-order valence-electron chi connectivity index (χ4n) is 3.32. The number of hydrogen-bond acceptors (Lipinski definition) is 3. The van der Waals surface area contributed by atoms with Crippen molar-refractivity contribution < 1.29 is 14.3 Å². The van der Waals surface area contributed by atoms with Gasteiger partial charge in [0, 0.05) is 13.1 Å². The summed E-state index contributed by atoms with van der Waals surface area (Å²) in [6.45, 7) is 1.40. The summed E-state index contributed by atoms with van der Waals surface area (Å²) in [6, 6.07) is 27.7. The minimum Gasteiger partial charge on any atom is -0.485 e. The van der Waals surface area contributed by atoms with Gasteiger partial charge in [-0.1, -0.05) is 72.8 Å². The first-order valence-electron chi connectivity index (χ1n) is 9.55. The van der Waals surface area contributed by atoms with Gasteiger partial charge < -0.3 is 14.4 Å². The highest BCUT2D eigenvalue weighted by Crippen LogP contribution is 2.31. The van der Waals surface area contributed by atoms with Gasteiger partial charge in [-0.15, -0.1) is 0 Å². The van der Waals surface area contributed by atoms with Crippen molar-refractivity contribution in [2.75, 3.05) is 13.2 Å². The predicted octanol–water partition coefficient (Wildman–Crippen LogP) is 4.10. The molecule has 0 saturated carbocycles. The normalized spacial score (nSPS) is 15.1. The summed E-state index contributed by atoms with van der Waals surface area (Å²) in [6.07, 6.45) is 0.165. The van der Waals surface area contributed by atoms with Crippen LogP contribution in [0.2, 0.25) is 0 Å². The Balaban J connectivity index is 1.49. The third-order valence-corrected chi connectivity index (χ3v) is 4.83. The summed E-state index contributed by atoms with van der Waals surface area (Å²) in [5.74, 6) is 1.26. The van der Waals surface area contributed by atoms with Crippen LogP contribution in [0.4, 0.5) is 0 Å². The number of fused-ring (bicyclic) bond motifs is 1. The molecule has 0 saturated heterocycles. The first kappa shape index (κ1) is 18.1. The molecule has 3 aromatic rings. The Morgan fingerprint density at radius 3 is 2.14 bits per heavy atom. The van der Waals surface area contributed by atoms with Gasteiger partial charge in [0.25, 0.3) is 5.91 Å². The molecule has 1 unspecified atom stereocenters. The average Bonchev–Trinajstić information content (AvgIpc) is 2.77. The summed E-state index contributed by atoms with van der Waals surface area (Å²) in [7, 11) is 0. The number of rotatable bonds is 6. The van der Waals surface area contributed by atoms with E-state index in [0.29, 0.717) is 24.6 Å². The van der Waals surface area contributed by atoms with Gasteiger partial charge in [-0.25, -0.2) is 0 Å². The Labute approximate surface area is 165 Å². The Bertz CT molecular complexity index is 911. The number of para-hydroxylation sites is 2. The molecule has 1 aliphatic heterocycles. The van der Waals surface area contributed by atoms with Crippen molar-refractivity contribution in [1.82, 2.24) is 4.90 Å². The SMILES string of the molecule is O=C(C1COc2ccccc2O1)N(CCc1ccccc1)Cc1ccccc1. The van der Waals surface area contributed by atoms with E-state index < -0.39 is 6.10 Å². The maximum atomic E-state index is 13.3. The number of carbonyl (C=O) groups excluding carboxylic acids is 1. The molecule has 28 heavy (non-hydrogen) atoms. The number of carbonyl (C=O) groups is 1. The average molecular weight is 373 g/mol. The Morgan fingerprint density at radius 2 is 1.43 bits per heavy atom. The zero-order chi connectivity index (χ0) is 19.2. The molecular weight excluding hydrogens is 350 g/mol. The molecule has 1 amide bonds. The highest BCUT2D eigenvalue weighted by Gasteiger charge is 2.31. The first-order chi connectivity index (χ1) is 13.8. The Morgan fingerprint density at radius 1 is 0.821 bits per heavy atom. The van der Waals surface area contributed by atoms with Gasteiger partial charge in [0.1, 0.15) is 6.61 Å². The van der Waals surface area contributed by atoms with E-state index in [9.17, 15) is 4.79 Å². The maximum absolute atomic E-state index is 13.3. The van der Waals surface area contributed by atoms with Crippen LogP contribution < -0.4 is 9.47 Å². The molecule has 4 heteroatoms. The molecule has 0 fully saturated rings. The fraction of sp³-hybridized carbons (Fsp3) is 0.208. The van der Waals surface area contributed by atoms with E-state index in [0.717, 1.165) is 12.0 Å². The van der Waals surface area contributed by atoms with Crippen LogP contribution in [0.3, 0.4) is 0 Å². The summed E-state index contributed by atoms with van der Waals surface area (Å²) < 4.78 is 11.7. The minimum atomic E-state index is -0.630. The smallest absolute Gasteiger partial charge is 0.267 e. The molecule has 4 rings (SSSR count). The van der Waals surface area contributed by atoms with Crippen LogP contribution >= 0.6 is 0 Å². The van der Waals surface area contributed by atoms with E-state index in [1.165, 1.54) is 5.56 Å². The summed E-state index contributed by atoms with van der Waals surface area (Å²) >= 11 is 0. The minimum absolute atomic E-state index is 0.0470. The predicted molar refractivity (Wildman–Crippen MR) is 108 cm³/mol. The number of hydrogen-bond donors (Lipinski definition) is 0. The second-order valence-electron chi connectivity index (χ2n) is 6.85. The van der Waals surface area contributed by atoms with Crippen molar-refractivity contribution in [3.05, 3.63) is 96.1 Å². The molecule has 4 nitrogen and oxygen atoms in total. The van der Waals surface area contributed by atoms with Crippen molar-refractivity contribution in [3.8, 4) is 11.5 Å². The second kappa shape index (κ2) is 8.61. The summed E-state index contributed by atoms with van der Waals surface area (Å²) in [5, 5.41) is 0. The van der Waals surface area contributed by atoms with E-state index in [2.05, 4.69) is 12.1 Å². The quantitative estimate of drug-likeness (QED) is 0.653. The number of benzene rings is 3. The van der Waals surface area contributed by atoms with Gasteiger partial charge in [0.05, 0.1) is 0 Å². The van der Waals surface area contributed by atoms with Crippen molar-refractivity contribution in [2.45, 2.75) is 19.1 Å². The first-order valence-corrected chi connectivity index (χ1v) is 9.55. The monoisotopic (exact) mass is 373 g/mol. The molecular formula is C24H23NO3. The van der Waals surface area contributed by atoms with Gasteiger partial charge in [0.2, 0.25) is 6.10 Å². The number of amides is 1. The van der Waals surface area contributed by atoms with Crippen LogP contribution in [0.25, 0.3) is 0 Å². The van der Waals surface area contributed by atoms with Crippen LogP contribution in [0, 0.1) is 0 Å². The summed E-state index contributed by atoms with van der Waals surface area (Å²) in [4.78, 5) is 15.1. The van der Waals surface area contributed by atoms with Crippen LogP contribution in [-0.4, -0.2) is 30.1 Å². The lowest BCUT2D eigenvalue weighted by Crippen LogP contribution is -2.46. The van der Waals surface area contributed by atoms with E-state index in [1.54, 1.807) is 0 Å². The third kappa shape index (κ3) is 4.34. The van der Waals surface area contributed by atoms with E-state index in [4.69, 9.17) is 9.47 Å². The Hall–Kier alpha value is -3.27. The lowest BCUT2D eigenvalue weighted by atomic mass is 10.1. The zero-order valence-corrected chi connectivity index (χ0v) is 15.7. The van der Waals surface area contributed by atoms with Crippen LogP contribution in [-0.2, 0) is 17.8 Å². The van der Waals surface area contributed by atoms with E-state index in [-0.39, 0.29) is 12.5 Å². The highest BCUT2D eigenvalue weighted by molar-refractivity contribution is 5.82. The van der Waals surface area contributed by atoms with E-state index >= 15 is 0 Å². The lowest BCUT2D eigenvalue weighted by Gasteiger charge is -2.31. The van der Waals surface area contributed by atoms with Gasteiger partial charge in [-0.3, -0.25) is 4.79 Å². The second-order valence-corrected chi connectivity index (χ2v) is 6.85. The van der Waals surface area contributed by atoms with Gasteiger partial charge >= 0.3 is 0 Å². The number of ether oxygens (including phenoxy) is 2.